The van der Waals surface area contributed by atoms with Gasteiger partial charge >= 0.3 is 11.7 Å². The lowest BCUT2D eigenvalue weighted by atomic mass is 10.1. The van der Waals surface area contributed by atoms with Crippen molar-refractivity contribution >= 4 is 23.4 Å². The minimum Gasteiger partial charge on any atom is -0.482 e. The van der Waals surface area contributed by atoms with Crippen LogP contribution in [0.1, 0.15) is 30.0 Å². The number of anilines is 2. The monoisotopic (exact) mass is 492 g/mol. The van der Waals surface area contributed by atoms with Gasteiger partial charge in [-0.2, -0.15) is 0 Å². The average molecular weight is 493 g/mol. The zero-order chi connectivity index (χ0) is 25.7. The number of hydrogen-bond donors (Lipinski definition) is 2. The highest BCUT2D eigenvalue weighted by Gasteiger charge is 2.24. The third-order valence-electron chi connectivity index (χ3n) is 6.07. The summed E-state index contributed by atoms with van der Waals surface area (Å²) in [5.41, 5.74) is 7.80. The number of nitrogen functional groups attached to an aromatic ring is 1. The predicted octanol–water partition coefficient (Wildman–Crippen LogP) is 1.63. The summed E-state index contributed by atoms with van der Waals surface area (Å²) < 4.78 is 11.8. The van der Waals surface area contributed by atoms with Crippen molar-refractivity contribution in [1.82, 2.24) is 9.55 Å². The van der Waals surface area contributed by atoms with E-state index in [-0.39, 0.29) is 31.2 Å². The first kappa shape index (κ1) is 24.8. The first-order chi connectivity index (χ1) is 17.4. The molecule has 0 radical (unpaired) electrons. The van der Waals surface area contributed by atoms with E-state index in [1.165, 1.54) is 15.7 Å². The number of aromatic nitrogens is 2. The maximum Gasteiger partial charge on any atom is 0.344 e. The van der Waals surface area contributed by atoms with Gasteiger partial charge in [0, 0.05) is 6.54 Å². The summed E-state index contributed by atoms with van der Waals surface area (Å²) >= 11 is 0. The number of aromatic amines is 1. The van der Waals surface area contributed by atoms with E-state index in [0.29, 0.717) is 5.75 Å². The summed E-state index contributed by atoms with van der Waals surface area (Å²) in [4.78, 5) is 53.3. The molecule has 10 nitrogen and oxygen atoms in total. The molecule has 1 heterocycles. The summed E-state index contributed by atoms with van der Waals surface area (Å²) in [7, 11) is 0. The van der Waals surface area contributed by atoms with Crippen LogP contribution in [0.4, 0.5) is 11.5 Å². The van der Waals surface area contributed by atoms with Crippen LogP contribution in [0.2, 0.25) is 0 Å². The summed E-state index contributed by atoms with van der Waals surface area (Å²) in [6.07, 6.45) is 3.14. The normalized spacial score (nSPS) is 12.1. The van der Waals surface area contributed by atoms with E-state index in [1.54, 1.807) is 13.0 Å². The molecule has 1 amide bonds. The fourth-order valence-corrected chi connectivity index (χ4v) is 4.26. The van der Waals surface area contributed by atoms with Crippen LogP contribution in [0.3, 0.4) is 0 Å². The lowest BCUT2D eigenvalue weighted by Gasteiger charge is -2.23. The van der Waals surface area contributed by atoms with E-state index >= 15 is 0 Å². The largest absolute Gasteiger partial charge is 0.482 e. The Bertz CT molecular complexity index is 1380. The van der Waals surface area contributed by atoms with E-state index in [1.807, 2.05) is 42.5 Å². The third kappa shape index (κ3) is 5.48. The second-order valence-electron chi connectivity index (χ2n) is 8.44. The Morgan fingerprint density at radius 1 is 1.06 bits per heavy atom. The average Bonchev–Trinajstić information content (AvgIpc) is 3.35. The highest BCUT2D eigenvalue weighted by molar-refractivity contribution is 5.97. The second kappa shape index (κ2) is 10.9. The van der Waals surface area contributed by atoms with Gasteiger partial charge in [0.05, 0.1) is 6.54 Å². The van der Waals surface area contributed by atoms with Gasteiger partial charge in [-0.15, -0.1) is 0 Å². The summed E-state index contributed by atoms with van der Waals surface area (Å²) in [5.74, 6) is -0.982. The number of rotatable bonds is 9. The highest BCUT2D eigenvalue weighted by atomic mass is 16.6. The Balaban J connectivity index is 1.41. The van der Waals surface area contributed by atoms with Crippen LogP contribution in [0.25, 0.3) is 0 Å². The molecule has 1 aromatic heterocycles. The van der Waals surface area contributed by atoms with Crippen LogP contribution in [0, 0.1) is 0 Å². The summed E-state index contributed by atoms with van der Waals surface area (Å²) in [5, 5.41) is 0. The van der Waals surface area contributed by atoms with E-state index in [9.17, 15) is 19.2 Å². The van der Waals surface area contributed by atoms with Crippen molar-refractivity contribution in [3.05, 3.63) is 86.1 Å². The fourth-order valence-electron chi connectivity index (χ4n) is 4.26. The number of amides is 1. The van der Waals surface area contributed by atoms with Crippen molar-refractivity contribution in [3.8, 4) is 5.75 Å². The van der Waals surface area contributed by atoms with Crippen LogP contribution in [0.15, 0.2) is 58.1 Å². The molecule has 4 rings (SSSR count). The number of aryl methyl sites for hydroxylation is 2. The van der Waals surface area contributed by atoms with Crippen LogP contribution in [-0.2, 0) is 33.7 Å². The number of hydrogen-bond acceptors (Lipinski definition) is 7. The van der Waals surface area contributed by atoms with E-state index in [0.717, 1.165) is 29.7 Å². The van der Waals surface area contributed by atoms with Gasteiger partial charge in [0.1, 0.15) is 11.6 Å². The van der Waals surface area contributed by atoms with E-state index in [2.05, 4.69) is 4.98 Å². The number of carbonyl (C=O) groups is 2. The number of fused-ring (bicyclic) bond motifs is 1. The molecule has 0 atom stereocenters. The molecule has 36 heavy (non-hydrogen) atoms. The molecule has 3 N–H and O–H groups in total. The first-order valence-electron chi connectivity index (χ1n) is 11.7. The molecule has 188 valence electrons. The van der Waals surface area contributed by atoms with Gasteiger partial charge in [0.25, 0.3) is 11.5 Å². The van der Waals surface area contributed by atoms with Crippen LogP contribution >= 0.6 is 0 Å². The highest BCUT2D eigenvalue weighted by Crippen LogP contribution is 2.26. The Kier molecular flexibility index (Phi) is 7.53. The molecular weight excluding hydrogens is 464 g/mol. The van der Waals surface area contributed by atoms with Gasteiger partial charge in [-0.05, 0) is 55.0 Å². The number of benzene rings is 2. The van der Waals surface area contributed by atoms with E-state index < -0.39 is 29.7 Å². The zero-order valence-electron chi connectivity index (χ0n) is 20.0. The van der Waals surface area contributed by atoms with Crippen molar-refractivity contribution in [2.45, 2.75) is 32.7 Å². The number of nitrogens with one attached hydrogen (secondary N) is 1. The molecule has 0 aliphatic heterocycles. The SMILES string of the molecule is CCN(C(=O)COC(=O)COc1ccc2c(c1)CCC2)c1c(N)n(Cc2ccccc2)c(=O)[nH]c1=O. The van der Waals surface area contributed by atoms with Gasteiger partial charge in [-0.25, -0.2) is 9.59 Å². The van der Waals surface area contributed by atoms with Crippen molar-refractivity contribution in [2.75, 3.05) is 30.4 Å². The molecule has 0 unspecified atom stereocenters. The Hall–Kier alpha value is -4.34. The topological polar surface area (TPSA) is 137 Å². The number of nitrogens with two attached hydrogens (primary N) is 1. The molecule has 0 saturated carbocycles. The number of nitrogens with zero attached hydrogens (tertiary/aromatic N) is 2. The molecule has 0 fully saturated rings. The van der Waals surface area contributed by atoms with Crippen molar-refractivity contribution < 1.29 is 19.1 Å². The van der Waals surface area contributed by atoms with Gasteiger partial charge in [-0.1, -0.05) is 36.4 Å². The number of ether oxygens (including phenoxy) is 2. The van der Waals surface area contributed by atoms with Gasteiger partial charge in [0.2, 0.25) is 0 Å². The maximum absolute atomic E-state index is 12.9. The van der Waals surface area contributed by atoms with Crippen molar-refractivity contribution in [2.24, 2.45) is 0 Å². The van der Waals surface area contributed by atoms with Crippen LogP contribution in [0.5, 0.6) is 5.75 Å². The molecule has 0 saturated heterocycles. The molecule has 10 heteroatoms. The quantitative estimate of drug-likeness (QED) is 0.433. The molecule has 2 aromatic carbocycles. The smallest absolute Gasteiger partial charge is 0.344 e. The molecule has 1 aliphatic rings. The predicted molar refractivity (Wildman–Crippen MR) is 134 cm³/mol. The van der Waals surface area contributed by atoms with Crippen LogP contribution < -0.4 is 26.6 Å². The minimum absolute atomic E-state index is 0.0683. The van der Waals surface area contributed by atoms with Gasteiger partial charge < -0.3 is 20.1 Å². The number of carbonyl (C=O) groups excluding carboxylic acids is 2. The number of likely N-dealkylation sites (N-methyl/N-ethyl adjacent to an activating group) is 1. The second-order valence-corrected chi connectivity index (χ2v) is 8.44. The number of esters is 1. The molecular formula is C26H28N4O6. The van der Waals surface area contributed by atoms with E-state index in [4.69, 9.17) is 15.2 Å². The first-order valence-corrected chi connectivity index (χ1v) is 11.7. The summed E-state index contributed by atoms with van der Waals surface area (Å²) in [6.45, 7) is 0.844. The standard InChI is InChI=1S/C26H28N4O6/c1-2-29(23-24(27)30(26(34)28-25(23)33)14-17-7-4-3-5-8-17)21(31)15-36-22(32)16-35-20-12-11-18-9-6-10-19(18)13-20/h3-5,7-8,11-13H,2,6,9-10,14-16,27H2,1H3,(H,28,33,34). The fraction of sp³-hybridized carbons (Fsp3) is 0.308. The summed E-state index contributed by atoms with van der Waals surface area (Å²) in [6, 6.07) is 14.8. The Morgan fingerprint density at radius 3 is 2.56 bits per heavy atom. The van der Waals surface area contributed by atoms with Gasteiger partial charge in [0.15, 0.2) is 18.9 Å². The van der Waals surface area contributed by atoms with Gasteiger partial charge in [-0.3, -0.25) is 19.1 Å². The Morgan fingerprint density at radius 2 is 1.81 bits per heavy atom. The molecule has 0 bridgehead atoms. The lowest BCUT2D eigenvalue weighted by Crippen LogP contribution is -2.42. The number of H-pyrrole nitrogens is 1. The van der Waals surface area contributed by atoms with Crippen molar-refractivity contribution in [3.63, 3.8) is 0 Å². The zero-order valence-corrected chi connectivity index (χ0v) is 20.0. The van der Waals surface area contributed by atoms with Crippen molar-refractivity contribution in [1.29, 1.82) is 0 Å². The van der Waals surface area contributed by atoms with Crippen LogP contribution in [-0.4, -0.2) is 41.2 Å². The maximum atomic E-state index is 12.9. The molecule has 3 aromatic rings. The lowest BCUT2D eigenvalue weighted by molar-refractivity contribution is -0.149. The third-order valence-corrected chi connectivity index (χ3v) is 6.07. The Labute approximate surface area is 207 Å². The molecule has 1 aliphatic carbocycles. The minimum atomic E-state index is -0.803. The molecule has 0 spiro atoms.